The van der Waals surface area contributed by atoms with Gasteiger partial charge in [-0.1, -0.05) is 30.1 Å². The van der Waals surface area contributed by atoms with E-state index in [-0.39, 0.29) is 5.78 Å². The van der Waals surface area contributed by atoms with E-state index in [1.807, 2.05) is 0 Å². The molecule has 0 spiro atoms. The molecule has 0 N–H and O–H groups in total. The Hall–Kier alpha value is -0.220. The van der Waals surface area contributed by atoms with Crippen LogP contribution in [0.15, 0.2) is 18.2 Å². The second kappa shape index (κ2) is 8.15. The average molecular weight is 320 g/mol. The summed E-state index contributed by atoms with van der Waals surface area (Å²) in [5.41, 5.74) is 0.627. The molecule has 0 aliphatic heterocycles. The van der Waals surface area contributed by atoms with Crippen LogP contribution in [0, 0.1) is 5.92 Å². The number of hydrogen-bond acceptors (Lipinski definition) is 3. The fourth-order valence-corrected chi connectivity index (χ4v) is 3.06. The summed E-state index contributed by atoms with van der Waals surface area (Å²) in [6.45, 7) is 3.23. The van der Waals surface area contributed by atoms with Crippen molar-refractivity contribution in [1.82, 2.24) is 4.90 Å². The third-order valence-corrected chi connectivity index (χ3v) is 4.56. The highest BCUT2D eigenvalue weighted by Crippen LogP contribution is 2.23. The third-order valence-electron chi connectivity index (χ3n) is 2.55. The lowest BCUT2D eigenvalue weighted by molar-refractivity contribution is 0.102. The second-order valence-electron chi connectivity index (χ2n) is 4.93. The maximum absolute atomic E-state index is 12.0. The molecule has 1 atom stereocenters. The maximum atomic E-state index is 12.0. The van der Waals surface area contributed by atoms with E-state index in [0.717, 1.165) is 12.3 Å². The maximum Gasteiger partial charge on any atom is 0.172 e. The zero-order valence-corrected chi connectivity index (χ0v) is 13.8. The number of hydrogen-bond donors (Lipinski definition) is 0. The predicted molar refractivity (Wildman–Crippen MR) is 85.8 cm³/mol. The minimum absolute atomic E-state index is 0.0978. The van der Waals surface area contributed by atoms with E-state index in [4.69, 9.17) is 23.2 Å². The first kappa shape index (κ1) is 16.8. The van der Waals surface area contributed by atoms with Gasteiger partial charge in [0.25, 0.3) is 0 Å². The Bertz CT molecular complexity index is 437. The van der Waals surface area contributed by atoms with E-state index < -0.39 is 0 Å². The number of Topliss-reactive ketones (excluding diaryl/α,β-unsaturated/α-hetero) is 1. The van der Waals surface area contributed by atoms with Gasteiger partial charge in [-0.15, -0.1) is 0 Å². The van der Waals surface area contributed by atoms with Crippen LogP contribution in [0.25, 0.3) is 0 Å². The standard InChI is InChI=1S/C14H19Cl2NOS/c1-10(7-17(2)3)8-19-9-14(18)11-4-5-12(15)13(16)6-11/h4-6,10H,7-9H2,1-3H3. The van der Waals surface area contributed by atoms with Crippen LogP contribution in [0.1, 0.15) is 17.3 Å². The minimum Gasteiger partial charge on any atom is -0.309 e. The molecule has 5 heteroatoms. The number of carbonyl (C=O) groups excluding carboxylic acids is 1. The van der Waals surface area contributed by atoms with Gasteiger partial charge in [-0.2, -0.15) is 11.8 Å². The van der Waals surface area contributed by atoms with Crippen LogP contribution in [0.2, 0.25) is 10.0 Å². The molecule has 0 fully saturated rings. The van der Waals surface area contributed by atoms with Gasteiger partial charge in [-0.25, -0.2) is 0 Å². The van der Waals surface area contributed by atoms with Gasteiger partial charge in [-0.3, -0.25) is 4.79 Å². The average Bonchev–Trinajstić information content (AvgIpc) is 2.31. The molecule has 0 radical (unpaired) electrons. The van der Waals surface area contributed by atoms with Crippen molar-refractivity contribution < 1.29 is 4.79 Å². The summed E-state index contributed by atoms with van der Waals surface area (Å²) in [6, 6.07) is 5.02. The number of ketones is 1. The summed E-state index contributed by atoms with van der Waals surface area (Å²) >= 11 is 13.4. The van der Waals surface area contributed by atoms with Crippen molar-refractivity contribution in [2.24, 2.45) is 5.92 Å². The number of rotatable bonds is 7. The van der Waals surface area contributed by atoms with E-state index in [1.165, 1.54) is 0 Å². The van der Waals surface area contributed by atoms with Gasteiger partial charge in [-0.05, 0) is 44.0 Å². The minimum atomic E-state index is 0.0978. The SMILES string of the molecule is CC(CSCC(=O)c1ccc(Cl)c(Cl)c1)CN(C)C. The topological polar surface area (TPSA) is 20.3 Å². The highest BCUT2D eigenvalue weighted by molar-refractivity contribution is 7.99. The van der Waals surface area contributed by atoms with Gasteiger partial charge in [0.2, 0.25) is 0 Å². The largest absolute Gasteiger partial charge is 0.309 e. The Labute approximate surface area is 129 Å². The predicted octanol–water partition coefficient (Wildman–Crippen LogP) is 4.11. The van der Waals surface area contributed by atoms with Crippen molar-refractivity contribution in [3.63, 3.8) is 0 Å². The molecule has 0 bridgehead atoms. The molecule has 19 heavy (non-hydrogen) atoms. The molecule has 0 aliphatic rings. The molecular formula is C14H19Cl2NOS. The Morgan fingerprint density at radius 1 is 1.32 bits per heavy atom. The van der Waals surface area contributed by atoms with Gasteiger partial charge < -0.3 is 4.90 Å². The second-order valence-corrected chi connectivity index (χ2v) is 6.78. The Balaban J connectivity index is 2.41. The van der Waals surface area contributed by atoms with Gasteiger partial charge in [0.15, 0.2) is 5.78 Å². The lowest BCUT2D eigenvalue weighted by Gasteiger charge is -2.16. The first-order valence-electron chi connectivity index (χ1n) is 6.11. The molecule has 1 unspecified atom stereocenters. The van der Waals surface area contributed by atoms with E-state index >= 15 is 0 Å². The molecule has 0 amide bonds. The highest BCUT2D eigenvalue weighted by atomic mass is 35.5. The van der Waals surface area contributed by atoms with E-state index in [9.17, 15) is 4.79 Å². The van der Waals surface area contributed by atoms with Crippen LogP contribution < -0.4 is 0 Å². The molecule has 2 nitrogen and oxygen atoms in total. The Morgan fingerprint density at radius 3 is 2.58 bits per heavy atom. The number of thioether (sulfide) groups is 1. The molecule has 0 aromatic heterocycles. The van der Waals surface area contributed by atoms with Crippen LogP contribution in [-0.4, -0.2) is 42.8 Å². The van der Waals surface area contributed by atoms with Crippen molar-refractivity contribution in [1.29, 1.82) is 0 Å². The lowest BCUT2D eigenvalue weighted by atomic mass is 10.1. The fourth-order valence-electron chi connectivity index (χ4n) is 1.78. The quantitative estimate of drug-likeness (QED) is 0.705. The van der Waals surface area contributed by atoms with E-state index in [2.05, 4.69) is 25.9 Å². The van der Waals surface area contributed by atoms with Crippen molar-refractivity contribution >= 4 is 40.7 Å². The molecule has 0 saturated heterocycles. The van der Waals surface area contributed by atoms with Crippen molar-refractivity contribution in [2.75, 3.05) is 32.1 Å². The summed E-state index contributed by atoms with van der Waals surface area (Å²) in [5, 5.41) is 0.906. The zero-order valence-electron chi connectivity index (χ0n) is 11.5. The smallest absolute Gasteiger partial charge is 0.172 e. The molecule has 1 rings (SSSR count). The molecular weight excluding hydrogens is 301 g/mol. The summed E-state index contributed by atoms with van der Waals surface area (Å²) in [5.74, 6) is 2.13. The third kappa shape index (κ3) is 6.17. The Morgan fingerprint density at radius 2 is 2.00 bits per heavy atom. The molecule has 1 aromatic rings. The van der Waals surface area contributed by atoms with Gasteiger partial charge in [0.05, 0.1) is 15.8 Å². The molecule has 0 aliphatic carbocycles. The molecule has 106 valence electrons. The summed E-state index contributed by atoms with van der Waals surface area (Å²) in [7, 11) is 4.12. The van der Waals surface area contributed by atoms with E-state index in [0.29, 0.717) is 27.3 Å². The van der Waals surface area contributed by atoms with E-state index in [1.54, 1.807) is 30.0 Å². The Kier molecular flexibility index (Phi) is 7.22. The number of carbonyl (C=O) groups is 1. The fraction of sp³-hybridized carbons (Fsp3) is 0.500. The first-order chi connectivity index (χ1) is 8.90. The lowest BCUT2D eigenvalue weighted by Crippen LogP contribution is -2.21. The highest BCUT2D eigenvalue weighted by Gasteiger charge is 2.10. The molecule has 0 heterocycles. The van der Waals surface area contributed by atoms with Crippen LogP contribution in [-0.2, 0) is 0 Å². The summed E-state index contributed by atoms with van der Waals surface area (Å²) < 4.78 is 0. The number of halogens is 2. The number of benzene rings is 1. The monoisotopic (exact) mass is 319 g/mol. The zero-order chi connectivity index (χ0) is 14.4. The van der Waals surface area contributed by atoms with Crippen molar-refractivity contribution in [2.45, 2.75) is 6.92 Å². The summed E-state index contributed by atoms with van der Waals surface area (Å²) in [6.07, 6.45) is 0. The summed E-state index contributed by atoms with van der Waals surface area (Å²) in [4.78, 5) is 14.1. The molecule has 0 saturated carbocycles. The van der Waals surface area contributed by atoms with Crippen LogP contribution >= 0.6 is 35.0 Å². The van der Waals surface area contributed by atoms with Gasteiger partial charge in [0, 0.05) is 12.1 Å². The van der Waals surface area contributed by atoms with Crippen LogP contribution in [0.4, 0.5) is 0 Å². The van der Waals surface area contributed by atoms with Gasteiger partial charge in [0.1, 0.15) is 0 Å². The van der Waals surface area contributed by atoms with Crippen molar-refractivity contribution in [3.8, 4) is 0 Å². The van der Waals surface area contributed by atoms with Gasteiger partial charge >= 0.3 is 0 Å². The van der Waals surface area contributed by atoms with Crippen molar-refractivity contribution in [3.05, 3.63) is 33.8 Å². The first-order valence-corrected chi connectivity index (χ1v) is 8.02. The number of nitrogens with zero attached hydrogens (tertiary/aromatic N) is 1. The van der Waals surface area contributed by atoms with Crippen LogP contribution in [0.5, 0.6) is 0 Å². The van der Waals surface area contributed by atoms with Crippen LogP contribution in [0.3, 0.4) is 0 Å². The molecule has 1 aromatic carbocycles. The normalized spacial score (nSPS) is 12.7.